The Labute approximate surface area is 126 Å². The third kappa shape index (κ3) is 10.8. The summed E-state index contributed by atoms with van der Waals surface area (Å²) in [4.78, 5) is 32.9. The smallest absolute Gasteiger partial charge is 0.302 e. The summed E-state index contributed by atoms with van der Waals surface area (Å²) in [7, 11) is 0. The molecule has 0 aromatic heterocycles. The van der Waals surface area contributed by atoms with E-state index < -0.39 is 6.10 Å². The van der Waals surface area contributed by atoms with Crippen molar-refractivity contribution in [1.82, 2.24) is 0 Å². The highest BCUT2D eigenvalue weighted by Crippen LogP contribution is 2.19. The second-order valence-electron chi connectivity index (χ2n) is 5.35. The van der Waals surface area contributed by atoms with Gasteiger partial charge in [0.15, 0.2) is 0 Å². The highest BCUT2D eigenvalue weighted by Gasteiger charge is 2.16. The zero-order chi connectivity index (χ0) is 16.4. The average molecular weight is 298 g/mol. The summed E-state index contributed by atoms with van der Waals surface area (Å²) in [5, 5.41) is 0. The van der Waals surface area contributed by atoms with Crippen LogP contribution in [0.4, 0.5) is 0 Å². The van der Waals surface area contributed by atoms with Gasteiger partial charge >= 0.3 is 11.9 Å². The summed E-state index contributed by atoms with van der Waals surface area (Å²) in [6.45, 7) is 8.60. The van der Waals surface area contributed by atoms with Gasteiger partial charge in [-0.25, -0.2) is 0 Å². The molecule has 0 aromatic carbocycles. The summed E-state index contributed by atoms with van der Waals surface area (Å²) in [6, 6.07) is 0. The van der Waals surface area contributed by atoms with Crippen LogP contribution in [0.5, 0.6) is 0 Å². The lowest BCUT2D eigenvalue weighted by Gasteiger charge is -2.17. The fraction of sp³-hybridized carbons (Fsp3) is 0.688. The molecule has 1 atom stereocenters. The number of ether oxygens (including phenoxy) is 2. The molecule has 0 bridgehead atoms. The van der Waals surface area contributed by atoms with E-state index in [0.29, 0.717) is 13.0 Å². The third-order valence-corrected chi connectivity index (χ3v) is 3.11. The topological polar surface area (TPSA) is 69.7 Å². The molecule has 5 nitrogen and oxygen atoms in total. The zero-order valence-electron chi connectivity index (χ0n) is 13.7. The first-order valence-electron chi connectivity index (χ1n) is 7.17. The van der Waals surface area contributed by atoms with Gasteiger partial charge in [-0.05, 0) is 33.6 Å². The summed E-state index contributed by atoms with van der Waals surface area (Å²) in [5.74, 6) is -0.646. The molecule has 0 aliphatic carbocycles. The lowest BCUT2D eigenvalue weighted by Crippen LogP contribution is -2.20. The predicted molar refractivity (Wildman–Crippen MR) is 79.7 cm³/mol. The SMILES string of the molecule is CC(=O)C[C@H](C/C(C)=C(\C)CCCOC(C)=O)OC(C)=O. The molecular formula is C16H26O5. The summed E-state index contributed by atoms with van der Waals surface area (Å²) < 4.78 is 10.1. The molecule has 0 amide bonds. The Kier molecular flexibility index (Phi) is 9.34. The van der Waals surface area contributed by atoms with Crippen molar-refractivity contribution in [3.05, 3.63) is 11.1 Å². The number of hydrogen-bond acceptors (Lipinski definition) is 5. The van der Waals surface area contributed by atoms with Crippen molar-refractivity contribution in [2.45, 2.75) is 66.4 Å². The summed E-state index contributed by atoms with van der Waals surface area (Å²) in [5.41, 5.74) is 2.27. The maximum absolute atomic E-state index is 11.2. The minimum atomic E-state index is -0.400. The van der Waals surface area contributed by atoms with Crippen LogP contribution in [0.25, 0.3) is 0 Å². The molecule has 0 radical (unpaired) electrons. The van der Waals surface area contributed by atoms with Crippen molar-refractivity contribution in [1.29, 1.82) is 0 Å². The monoisotopic (exact) mass is 298 g/mol. The molecular weight excluding hydrogens is 272 g/mol. The molecule has 0 aliphatic rings. The van der Waals surface area contributed by atoms with Crippen LogP contribution in [0.15, 0.2) is 11.1 Å². The molecule has 0 aromatic rings. The minimum Gasteiger partial charge on any atom is -0.466 e. The van der Waals surface area contributed by atoms with E-state index in [1.165, 1.54) is 26.3 Å². The van der Waals surface area contributed by atoms with E-state index in [1.807, 2.05) is 13.8 Å². The molecule has 0 unspecified atom stereocenters. The Bertz CT molecular complexity index is 393. The van der Waals surface area contributed by atoms with Gasteiger partial charge in [0.25, 0.3) is 0 Å². The quantitative estimate of drug-likeness (QED) is 0.372. The van der Waals surface area contributed by atoms with Crippen LogP contribution in [0.3, 0.4) is 0 Å². The van der Waals surface area contributed by atoms with Crippen LogP contribution in [0.1, 0.15) is 60.3 Å². The number of esters is 2. The van der Waals surface area contributed by atoms with Gasteiger partial charge in [0.2, 0.25) is 0 Å². The number of hydrogen-bond donors (Lipinski definition) is 0. The van der Waals surface area contributed by atoms with Crippen LogP contribution in [-0.2, 0) is 23.9 Å². The lowest BCUT2D eigenvalue weighted by atomic mass is 9.99. The van der Waals surface area contributed by atoms with Gasteiger partial charge < -0.3 is 9.47 Å². The largest absolute Gasteiger partial charge is 0.466 e. The van der Waals surface area contributed by atoms with Crippen molar-refractivity contribution in [3.63, 3.8) is 0 Å². The van der Waals surface area contributed by atoms with E-state index in [2.05, 4.69) is 0 Å². The average Bonchev–Trinajstić information content (AvgIpc) is 2.32. The molecule has 0 saturated carbocycles. The highest BCUT2D eigenvalue weighted by molar-refractivity contribution is 5.76. The van der Waals surface area contributed by atoms with E-state index in [1.54, 1.807) is 0 Å². The van der Waals surface area contributed by atoms with Crippen LogP contribution in [-0.4, -0.2) is 30.4 Å². The first kappa shape index (κ1) is 19.4. The van der Waals surface area contributed by atoms with Crippen LogP contribution < -0.4 is 0 Å². The van der Waals surface area contributed by atoms with Crippen LogP contribution in [0.2, 0.25) is 0 Å². The third-order valence-electron chi connectivity index (χ3n) is 3.11. The zero-order valence-corrected chi connectivity index (χ0v) is 13.7. The first-order chi connectivity index (χ1) is 9.72. The Hall–Kier alpha value is -1.65. The Morgan fingerprint density at radius 3 is 1.95 bits per heavy atom. The lowest BCUT2D eigenvalue weighted by molar-refractivity contribution is -0.147. The van der Waals surface area contributed by atoms with Gasteiger partial charge in [-0.1, -0.05) is 11.1 Å². The molecule has 0 saturated heterocycles. The van der Waals surface area contributed by atoms with Crippen LogP contribution >= 0.6 is 0 Å². The second-order valence-corrected chi connectivity index (χ2v) is 5.35. The summed E-state index contributed by atoms with van der Waals surface area (Å²) >= 11 is 0. The highest BCUT2D eigenvalue weighted by atomic mass is 16.5. The fourth-order valence-corrected chi connectivity index (χ4v) is 1.99. The number of rotatable bonds is 9. The van der Waals surface area contributed by atoms with Gasteiger partial charge in [0.05, 0.1) is 6.61 Å². The van der Waals surface area contributed by atoms with Crippen molar-refractivity contribution in [2.24, 2.45) is 0 Å². The summed E-state index contributed by atoms with van der Waals surface area (Å²) in [6.07, 6.45) is 1.96. The maximum atomic E-state index is 11.2. The standard InChI is InChI=1S/C16H26O5/c1-11(7-6-8-20-14(4)18)12(2)9-16(10-13(3)17)21-15(5)19/h16H,6-10H2,1-5H3/b12-11+/t16-/m0/s1. The van der Waals surface area contributed by atoms with E-state index in [4.69, 9.17) is 9.47 Å². The molecule has 0 spiro atoms. The molecule has 0 N–H and O–H groups in total. The van der Waals surface area contributed by atoms with Crippen molar-refractivity contribution in [2.75, 3.05) is 6.61 Å². The number of carbonyl (C=O) groups excluding carboxylic acids is 3. The number of carbonyl (C=O) groups is 3. The first-order valence-corrected chi connectivity index (χ1v) is 7.17. The molecule has 0 aliphatic heterocycles. The molecule has 0 rings (SSSR count). The number of Topliss-reactive ketones (excluding diaryl/α,β-unsaturated/α-hetero) is 1. The molecule has 5 heteroatoms. The molecule has 0 heterocycles. The van der Waals surface area contributed by atoms with Crippen molar-refractivity contribution >= 4 is 17.7 Å². The normalized spacial score (nSPS) is 13.2. The second kappa shape index (κ2) is 10.1. The Balaban J connectivity index is 4.44. The molecule has 120 valence electrons. The van der Waals surface area contributed by atoms with Crippen molar-refractivity contribution in [3.8, 4) is 0 Å². The van der Waals surface area contributed by atoms with Crippen molar-refractivity contribution < 1.29 is 23.9 Å². The maximum Gasteiger partial charge on any atom is 0.302 e. The Morgan fingerprint density at radius 2 is 1.48 bits per heavy atom. The number of ketones is 1. The molecule has 0 fully saturated rings. The van der Waals surface area contributed by atoms with E-state index in [0.717, 1.165) is 18.4 Å². The van der Waals surface area contributed by atoms with Gasteiger partial charge in [0, 0.05) is 26.7 Å². The molecule has 21 heavy (non-hydrogen) atoms. The predicted octanol–water partition coefficient (Wildman–Crippen LogP) is 2.97. The van der Waals surface area contributed by atoms with Crippen LogP contribution in [0, 0.1) is 0 Å². The van der Waals surface area contributed by atoms with Gasteiger partial charge in [-0.15, -0.1) is 0 Å². The van der Waals surface area contributed by atoms with Gasteiger partial charge in [0.1, 0.15) is 11.9 Å². The van der Waals surface area contributed by atoms with Gasteiger partial charge in [-0.3, -0.25) is 14.4 Å². The minimum absolute atomic E-state index is 0.00145. The van der Waals surface area contributed by atoms with Gasteiger partial charge in [-0.2, -0.15) is 0 Å². The van der Waals surface area contributed by atoms with E-state index >= 15 is 0 Å². The van der Waals surface area contributed by atoms with E-state index in [9.17, 15) is 14.4 Å². The fourth-order valence-electron chi connectivity index (χ4n) is 1.99. The van der Waals surface area contributed by atoms with E-state index in [-0.39, 0.29) is 24.1 Å². The number of allylic oxidation sites excluding steroid dienone is 1. The Morgan fingerprint density at radius 1 is 0.857 bits per heavy atom.